The van der Waals surface area contributed by atoms with Crippen LogP contribution in [0.2, 0.25) is 0 Å². The maximum atomic E-state index is 13.5. The molecule has 5 nitrogen and oxygen atoms in total. The standard InChI is InChI=1S/C16H20FNO4/c1-22-14-6-4-10(8-12(14)17)5-7-15(19)18-13(16(20)21)9-11-2-3-11/h4,6,8,11,13H,2-3,5,7,9H2,1H3,(H,18,19)(H,20,21). The Hall–Kier alpha value is -2.11. The Bertz CT molecular complexity index is 557. The third-order valence-electron chi connectivity index (χ3n) is 3.76. The number of nitrogens with one attached hydrogen (secondary N) is 1. The molecule has 2 rings (SSSR count). The van der Waals surface area contributed by atoms with Crippen LogP contribution < -0.4 is 10.1 Å². The summed E-state index contributed by atoms with van der Waals surface area (Å²) >= 11 is 0. The molecular formula is C16H20FNO4. The highest BCUT2D eigenvalue weighted by atomic mass is 19.1. The molecule has 0 aliphatic heterocycles. The second-order valence-corrected chi connectivity index (χ2v) is 5.61. The van der Waals surface area contributed by atoms with Crippen LogP contribution in [-0.4, -0.2) is 30.1 Å². The molecule has 0 heterocycles. The van der Waals surface area contributed by atoms with E-state index in [9.17, 15) is 14.0 Å². The number of carbonyl (C=O) groups excluding carboxylic acids is 1. The maximum Gasteiger partial charge on any atom is 0.326 e. The Labute approximate surface area is 128 Å². The van der Waals surface area contributed by atoms with E-state index in [1.54, 1.807) is 6.07 Å². The summed E-state index contributed by atoms with van der Waals surface area (Å²) in [6.45, 7) is 0. The molecule has 0 radical (unpaired) electrons. The molecule has 2 N–H and O–H groups in total. The predicted molar refractivity (Wildman–Crippen MR) is 78.2 cm³/mol. The number of rotatable bonds is 8. The van der Waals surface area contributed by atoms with Gasteiger partial charge in [0.15, 0.2) is 11.6 Å². The maximum absolute atomic E-state index is 13.5. The van der Waals surface area contributed by atoms with Crippen LogP contribution in [0.4, 0.5) is 4.39 Å². The first-order chi connectivity index (χ1) is 10.5. The molecule has 120 valence electrons. The third-order valence-corrected chi connectivity index (χ3v) is 3.76. The molecule has 1 aromatic carbocycles. The van der Waals surface area contributed by atoms with E-state index in [1.165, 1.54) is 19.2 Å². The van der Waals surface area contributed by atoms with Gasteiger partial charge in [0.2, 0.25) is 5.91 Å². The van der Waals surface area contributed by atoms with Crippen molar-refractivity contribution in [2.45, 2.75) is 38.1 Å². The van der Waals surface area contributed by atoms with Crippen LogP contribution in [-0.2, 0) is 16.0 Å². The van der Waals surface area contributed by atoms with Crippen LogP contribution in [0.3, 0.4) is 0 Å². The van der Waals surface area contributed by atoms with Crippen LogP contribution in [0, 0.1) is 11.7 Å². The van der Waals surface area contributed by atoms with Gasteiger partial charge in [-0.15, -0.1) is 0 Å². The van der Waals surface area contributed by atoms with Crippen LogP contribution in [0.5, 0.6) is 5.75 Å². The van der Waals surface area contributed by atoms with E-state index in [0.717, 1.165) is 12.8 Å². The van der Waals surface area contributed by atoms with Crippen molar-refractivity contribution in [2.75, 3.05) is 7.11 Å². The molecule has 1 atom stereocenters. The Morgan fingerprint density at radius 2 is 2.18 bits per heavy atom. The van der Waals surface area contributed by atoms with Gasteiger partial charge < -0.3 is 15.2 Å². The van der Waals surface area contributed by atoms with E-state index in [-0.39, 0.29) is 18.1 Å². The summed E-state index contributed by atoms with van der Waals surface area (Å²) in [4.78, 5) is 23.0. The van der Waals surface area contributed by atoms with E-state index in [4.69, 9.17) is 9.84 Å². The largest absolute Gasteiger partial charge is 0.494 e. The van der Waals surface area contributed by atoms with Gasteiger partial charge in [-0.3, -0.25) is 4.79 Å². The first-order valence-corrected chi connectivity index (χ1v) is 7.34. The molecule has 22 heavy (non-hydrogen) atoms. The van der Waals surface area contributed by atoms with Crippen molar-refractivity contribution in [3.63, 3.8) is 0 Å². The van der Waals surface area contributed by atoms with Crippen LogP contribution in [0.1, 0.15) is 31.2 Å². The third kappa shape index (κ3) is 4.72. The lowest BCUT2D eigenvalue weighted by Crippen LogP contribution is -2.41. The van der Waals surface area contributed by atoms with Crippen molar-refractivity contribution in [2.24, 2.45) is 5.92 Å². The number of carbonyl (C=O) groups is 2. The number of amides is 1. The van der Waals surface area contributed by atoms with Gasteiger partial charge in [-0.2, -0.15) is 0 Å². The normalized spacial score (nSPS) is 15.2. The zero-order valence-electron chi connectivity index (χ0n) is 12.5. The molecule has 1 aliphatic carbocycles. The fourth-order valence-electron chi connectivity index (χ4n) is 2.30. The number of carboxylic acids is 1. The summed E-state index contributed by atoms with van der Waals surface area (Å²) in [5.74, 6) is -1.24. The van der Waals surface area contributed by atoms with Gasteiger partial charge in [0, 0.05) is 6.42 Å². The molecule has 1 saturated carbocycles. The minimum absolute atomic E-state index is 0.125. The number of methoxy groups -OCH3 is 1. The van der Waals surface area contributed by atoms with Gasteiger partial charge in [-0.25, -0.2) is 9.18 Å². The van der Waals surface area contributed by atoms with Gasteiger partial charge in [0.05, 0.1) is 7.11 Å². The van der Waals surface area contributed by atoms with Crippen molar-refractivity contribution in [3.05, 3.63) is 29.6 Å². The minimum Gasteiger partial charge on any atom is -0.494 e. The number of aryl methyl sites for hydroxylation is 1. The van der Waals surface area contributed by atoms with E-state index < -0.39 is 17.8 Å². The average Bonchev–Trinajstić information content (AvgIpc) is 3.28. The predicted octanol–water partition coefficient (Wildman–Crippen LogP) is 2.14. The van der Waals surface area contributed by atoms with Crippen LogP contribution in [0.15, 0.2) is 18.2 Å². The van der Waals surface area contributed by atoms with Crippen LogP contribution >= 0.6 is 0 Å². The number of aliphatic carboxylic acids is 1. The number of hydrogen-bond donors (Lipinski definition) is 2. The topological polar surface area (TPSA) is 75.6 Å². The quantitative estimate of drug-likeness (QED) is 0.771. The lowest BCUT2D eigenvalue weighted by molar-refractivity contribution is -0.142. The molecule has 0 spiro atoms. The van der Waals surface area contributed by atoms with Gasteiger partial charge in [-0.1, -0.05) is 18.9 Å². The van der Waals surface area contributed by atoms with Crippen molar-refractivity contribution < 1.29 is 23.8 Å². The van der Waals surface area contributed by atoms with Gasteiger partial charge in [0.25, 0.3) is 0 Å². The summed E-state index contributed by atoms with van der Waals surface area (Å²) in [7, 11) is 1.39. The van der Waals surface area contributed by atoms with Crippen molar-refractivity contribution >= 4 is 11.9 Å². The summed E-state index contributed by atoms with van der Waals surface area (Å²) in [6, 6.07) is 3.70. The molecule has 0 aromatic heterocycles. The number of ether oxygens (including phenoxy) is 1. The van der Waals surface area contributed by atoms with Gasteiger partial charge in [0.1, 0.15) is 6.04 Å². The molecule has 1 unspecified atom stereocenters. The molecule has 1 aliphatic rings. The zero-order chi connectivity index (χ0) is 16.1. The number of hydrogen-bond acceptors (Lipinski definition) is 3. The lowest BCUT2D eigenvalue weighted by atomic mass is 10.1. The first kappa shape index (κ1) is 16.3. The molecule has 1 amide bonds. The highest BCUT2D eigenvalue weighted by Gasteiger charge is 2.30. The molecule has 0 bridgehead atoms. The fraction of sp³-hybridized carbons (Fsp3) is 0.500. The van der Waals surface area contributed by atoms with Gasteiger partial charge in [-0.05, 0) is 36.5 Å². The Kier molecular flexibility index (Phi) is 5.35. The second-order valence-electron chi connectivity index (χ2n) is 5.61. The second kappa shape index (κ2) is 7.24. The van der Waals surface area contributed by atoms with Crippen molar-refractivity contribution in [1.82, 2.24) is 5.32 Å². The number of carboxylic acid groups (broad SMARTS) is 1. The Morgan fingerprint density at radius 1 is 1.45 bits per heavy atom. The lowest BCUT2D eigenvalue weighted by Gasteiger charge is -2.14. The smallest absolute Gasteiger partial charge is 0.326 e. The van der Waals surface area contributed by atoms with E-state index in [2.05, 4.69) is 5.32 Å². The fourth-order valence-corrected chi connectivity index (χ4v) is 2.30. The average molecular weight is 309 g/mol. The summed E-state index contributed by atoms with van der Waals surface area (Å²) in [5.41, 5.74) is 0.669. The summed E-state index contributed by atoms with van der Waals surface area (Å²) in [6.07, 6.45) is 3.02. The zero-order valence-corrected chi connectivity index (χ0v) is 12.5. The Morgan fingerprint density at radius 3 is 2.73 bits per heavy atom. The summed E-state index contributed by atoms with van der Waals surface area (Å²) in [5, 5.41) is 11.6. The summed E-state index contributed by atoms with van der Waals surface area (Å²) < 4.78 is 18.4. The van der Waals surface area contributed by atoms with Crippen molar-refractivity contribution in [1.29, 1.82) is 0 Å². The SMILES string of the molecule is COc1ccc(CCC(=O)NC(CC2CC2)C(=O)O)cc1F. The first-order valence-electron chi connectivity index (χ1n) is 7.34. The highest BCUT2D eigenvalue weighted by Crippen LogP contribution is 2.33. The Balaban J connectivity index is 1.83. The molecule has 1 fully saturated rings. The van der Waals surface area contributed by atoms with E-state index >= 15 is 0 Å². The van der Waals surface area contributed by atoms with Crippen LogP contribution in [0.25, 0.3) is 0 Å². The molecule has 6 heteroatoms. The number of benzene rings is 1. The molecular weight excluding hydrogens is 289 g/mol. The van der Waals surface area contributed by atoms with E-state index in [0.29, 0.717) is 24.3 Å². The van der Waals surface area contributed by atoms with Crippen molar-refractivity contribution in [3.8, 4) is 5.75 Å². The van der Waals surface area contributed by atoms with Gasteiger partial charge >= 0.3 is 5.97 Å². The monoisotopic (exact) mass is 309 g/mol. The molecule has 0 saturated heterocycles. The minimum atomic E-state index is -1.00. The number of halogens is 1. The highest BCUT2D eigenvalue weighted by molar-refractivity contribution is 5.83. The molecule has 1 aromatic rings. The van der Waals surface area contributed by atoms with E-state index in [1.807, 2.05) is 0 Å².